The van der Waals surface area contributed by atoms with E-state index in [1.54, 1.807) is 11.8 Å². The molecule has 0 fully saturated rings. The van der Waals surface area contributed by atoms with Gasteiger partial charge in [-0.3, -0.25) is 0 Å². The molecule has 0 aliphatic rings. The zero-order valence-corrected chi connectivity index (χ0v) is 12.5. The van der Waals surface area contributed by atoms with Gasteiger partial charge in [-0.2, -0.15) is 0 Å². The second kappa shape index (κ2) is 6.99. The van der Waals surface area contributed by atoms with Crippen LogP contribution in [0.3, 0.4) is 0 Å². The van der Waals surface area contributed by atoms with Crippen LogP contribution in [0.15, 0.2) is 58.3 Å². The lowest BCUT2D eigenvalue weighted by Crippen LogP contribution is -2.21. The number of benzene rings is 2. The standard InChI is InChI=1S/C16H18ClNS/c1-2-14(18)10-12-6-8-15(9-7-12)19-16-5-3-4-13(17)11-16/h3-9,11,14H,2,10,18H2,1H3. The van der Waals surface area contributed by atoms with Crippen molar-refractivity contribution >= 4 is 23.4 Å². The lowest BCUT2D eigenvalue weighted by Gasteiger charge is -2.09. The molecule has 0 aliphatic carbocycles. The van der Waals surface area contributed by atoms with Crippen molar-refractivity contribution < 1.29 is 0 Å². The van der Waals surface area contributed by atoms with Crippen LogP contribution in [0.25, 0.3) is 0 Å². The Morgan fingerprint density at radius 3 is 2.47 bits per heavy atom. The van der Waals surface area contributed by atoms with Crippen molar-refractivity contribution in [1.82, 2.24) is 0 Å². The predicted molar refractivity (Wildman–Crippen MR) is 84.0 cm³/mol. The topological polar surface area (TPSA) is 26.0 Å². The van der Waals surface area contributed by atoms with Crippen LogP contribution >= 0.6 is 23.4 Å². The normalized spacial score (nSPS) is 12.4. The van der Waals surface area contributed by atoms with E-state index >= 15 is 0 Å². The van der Waals surface area contributed by atoms with Crippen LogP contribution in [-0.2, 0) is 6.42 Å². The molecule has 1 unspecified atom stereocenters. The predicted octanol–water partition coefficient (Wildman–Crippen LogP) is 4.77. The second-order valence-electron chi connectivity index (χ2n) is 4.58. The fourth-order valence-electron chi connectivity index (χ4n) is 1.81. The lowest BCUT2D eigenvalue weighted by atomic mass is 10.1. The highest BCUT2D eigenvalue weighted by Gasteiger charge is 2.02. The first kappa shape index (κ1) is 14.4. The van der Waals surface area contributed by atoms with E-state index in [1.165, 1.54) is 10.5 Å². The third-order valence-corrected chi connectivity index (χ3v) is 4.21. The van der Waals surface area contributed by atoms with Gasteiger partial charge in [0.05, 0.1) is 0 Å². The summed E-state index contributed by atoms with van der Waals surface area (Å²) in [4.78, 5) is 2.38. The molecule has 1 atom stereocenters. The van der Waals surface area contributed by atoms with Crippen LogP contribution in [0.5, 0.6) is 0 Å². The van der Waals surface area contributed by atoms with E-state index in [0.29, 0.717) is 0 Å². The van der Waals surface area contributed by atoms with E-state index in [1.807, 2.05) is 18.2 Å². The average Bonchev–Trinajstić information content (AvgIpc) is 2.41. The minimum Gasteiger partial charge on any atom is -0.327 e. The number of nitrogens with two attached hydrogens (primary N) is 1. The summed E-state index contributed by atoms with van der Waals surface area (Å²) in [5.41, 5.74) is 7.26. The maximum atomic E-state index is 5.98. The number of hydrogen-bond donors (Lipinski definition) is 1. The molecular weight excluding hydrogens is 274 g/mol. The summed E-state index contributed by atoms with van der Waals surface area (Å²) in [5, 5.41) is 0.774. The molecule has 0 amide bonds. The van der Waals surface area contributed by atoms with E-state index < -0.39 is 0 Å². The van der Waals surface area contributed by atoms with Gasteiger partial charge in [-0.05, 0) is 48.7 Å². The molecule has 0 aromatic heterocycles. The molecule has 0 saturated carbocycles. The quantitative estimate of drug-likeness (QED) is 0.858. The van der Waals surface area contributed by atoms with Gasteiger partial charge in [-0.15, -0.1) is 0 Å². The molecule has 2 N–H and O–H groups in total. The van der Waals surface area contributed by atoms with Crippen LogP contribution in [0.2, 0.25) is 5.02 Å². The van der Waals surface area contributed by atoms with Gasteiger partial charge in [0.15, 0.2) is 0 Å². The monoisotopic (exact) mass is 291 g/mol. The van der Waals surface area contributed by atoms with Crippen molar-refractivity contribution in [2.24, 2.45) is 5.73 Å². The van der Waals surface area contributed by atoms with Crippen molar-refractivity contribution in [3.05, 3.63) is 59.1 Å². The summed E-state index contributed by atoms with van der Waals surface area (Å²) >= 11 is 7.70. The van der Waals surface area contributed by atoms with E-state index in [-0.39, 0.29) is 6.04 Å². The summed E-state index contributed by atoms with van der Waals surface area (Å²) < 4.78 is 0. The largest absolute Gasteiger partial charge is 0.327 e. The van der Waals surface area contributed by atoms with Crippen molar-refractivity contribution in [3.8, 4) is 0 Å². The Labute approximate surface area is 124 Å². The van der Waals surface area contributed by atoms with Gasteiger partial charge in [0.2, 0.25) is 0 Å². The molecule has 0 saturated heterocycles. The van der Waals surface area contributed by atoms with Gasteiger partial charge < -0.3 is 5.73 Å². The van der Waals surface area contributed by atoms with E-state index in [9.17, 15) is 0 Å². The summed E-state index contributed by atoms with van der Waals surface area (Å²) in [5.74, 6) is 0. The van der Waals surface area contributed by atoms with Gasteiger partial charge in [0, 0.05) is 20.9 Å². The zero-order valence-electron chi connectivity index (χ0n) is 11.0. The number of hydrogen-bond acceptors (Lipinski definition) is 2. The summed E-state index contributed by atoms with van der Waals surface area (Å²) in [7, 11) is 0. The maximum Gasteiger partial charge on any atom is 0.0417 e. The van der Waals surface area contributed by atoms with Gasteiger partial charge in [-0.25, -0.2) is 0 Å². The SMILES string of the molecule is CCC(N)Cc1ccc(Sc2cccc(Cl)c2)cc1. The molecule has 0 bridgehead atoms. The smallest absolute Gasteiger partial charge is 0.0417 e. The first-order valence-electron chi connectivity index (χ1n) is 6.45. The summed E-state index contributed by atoms with van der Waals surface area (Å²) in [6, 6.07) is 16.8. The van der Waals surface area contributed by atoms with Crippen LogP contribution in [0.4, 0.5) is 0 Å². The third kappa shape index (κ3) is 4.57. The highest BCUT2D eigenvalue weighted by atomic mass is 35.5. The fourth-order valence-corrected chi connectivity index (χ4v) is 2.94. The molecule has 2 aromatic carbocycles. The van der Waals surface area contributed by atoms with Gasteiger partial charge >= 0.3 is 0 Å². The minimum absolute atomic E-state index is 0.256. The van der Waals surface area contributed by atoms with Gasteiger partial charge in [0.25, 0.3) is 0 Å². The Kier molecular flexibility index (Phi) is 5.32. The Morgan fingerprint density at radius 1 is 1.11 bits per heavy atom. The van der Waals surface area contributed by atoms with Crippen molar-refractivity contribution in [3.63, 3.8) is 0 Å². The molecule has 19 heavy (non-hydrogen) atoms. The molecule has 2 aromatic rings. The van der Waals surface area contributed by atoms with E-state index in [0.717, 1.165) is 22.8 Å². The zero-order chi connectivity index (χ0) is 13.7. The molecule has 0 radical (unpaired) electrons. The summed E-state index contributed by atoms with van der Waals surface area (Å²) in [6.07, 6.45) is 1.96. The van der Waals surface area contributed by atoms with Gasteiger partial charge in [0.1, 0.15) is 0 Å². The first-order chi connectivity index (χ1) is 9.17. The van der Waals surface area contributed by atoms with E-state index in [2.05, 4.69) is 37.3 Å². The highest BCUT2D eigenvalue weighted by Crippen LogP contribution is 2.29. The molecule has 0 spiro atoms. The number of rotatable bonds is 5. The molecule has 100 valence electrons. The highest BCUT2D eigenvalue weighted by molar-refractivity contribution is 7.99. The molecule has 0 aliphatic heterocycles. The van der Waals surface area contributed by atoms with Crippen molar-refractivity contribution in [2.45, 2.75) is 35.6 Å². The molecule has 1 nitrogen and oxygen atoms in total. The molecule has 3 heteroatoms. The Morgan fingerprint density at radius 2 is 1.84 bits per heavy atom. The van der Waals surface area contributed by atoms with Crippen LogP contribution < -0.4 is 5.73 Å². The van der Waals surface area contributed by atoms with Crippen LogP contribution in [0, 0.1) is 0 Å². The fraction of sp³-hybridized carbons (Fsp3) is 0.250. The summed E-state index contributed by atoms with van der Waals surface area (Å²) in [6.45, 7) is 2.12. The van der Waals surface area contributed by atoms with Crippen LogP contribution in [0.1, 0.15) is 18.9 Å². The number of halogens is 1. The molecule has 2 rings (SSSR count). The first-order valence-corrected chi connectivity index (χ1v) is 7.64. The second-order valence-corrected chi connectivity index (χ2v) is 6.16. The van der Waals surface area contributed by atoms with Gasteiger partial charge in [-0.1, -0.05) is 48.5 Å². The maximum absolute atomic E-state index is 5.98. The van der Waals surface area contributed by atoms with Crippen molar-refractivity contribution in [2.75, 3.05) is 0 Å². The van der Waals surface area contributed by atoms with E-state index in [4.69, 9.17) is 17.3 Å². The lowest BCUT2D eigenvalue weighted by molar-refractivity contribution is 0.646. The molecule has 0 heterocycles. The van der Waals surface area contributed by atoms with Crippen LogP contribution in [-0.4, -0.2) is 6.04 Å². The Bertz CT molecular complexity index is 525. The average molecular weight is 292 g/mol. The Balaban J connectivity index is 2.02. The molecular formula is C16H18ClNS. The minimum atomic E-state index is 0.256. The van der Waals surface area contributed by atoms with Crippen molar-refractivity contribution in [1.29, 1.82) is 0 Å². The third-order valence-electron chi connectivity index (χ3n) is 2.98. The Hall–Kier alpha value is -0.960.